The Morgan fingerprint density at radius 1 is 1.18 bits per heavy atom. The van der Waals surface area contributed by atoms with Gasteiger partial charge in [-0.25, -0.2) is 8.78 Å². The maximum Gasteiger partial charge on any atom is 0.392 e. The zero-order valence-corrected chi connectivity index (χ0v) is 18.2. The summed E-state index contributed by atoms with van der Waals surface area (Å²) < 4.78 is 87.1. The molecule has 0 saturated carbocycles. The van der Waals surface area contributed by atoms with Gasteiger partial charge in [0, 0.05) is 24.1 Å². The SMILES string of the molecule is COc1cc(C(=O)N2CC[C@]3(c4cc(F)ccc4F)OCO[C@@H]3C2)ccc1OCCC(F)(F)F. The third-order valence-corrected chi connectivity index (χ3v) is 5.97. The average molecular weight is 487 g/mol. The number of halogens is 5. The number of rotatable bonds is 6. The van der Waals surface area contributed by atoms with E-state index in [1.165, 1.54) is 30.2 Å². The monoisotopic (exact) mass is 487 g/mol. The first kappa shape index (κ1) is 24.2. The van der Waals surface area contributed by atoms with Gasteiger partial charge in [-0.2, -0.15) is 13.2 Å². The van der Waals surface area contributed by atoms with Gasteiger partial charge < -0.3 is 23.8 Å². The van der Waals surface area contributed by atoms with Crippen molar-refractivity contribution in [3.05, 3.63) is 59.2 Å². The molecule has 0 aromatic heterocycles. The highest BCUT2D eigenvalue weighted by atomic mass is 19.4. The predicted octanol–water partition coefficient (Wildman–Crippen LogP) is 4.42. The van der Waals surface area contributed by atoms with Crippen molar-refractivity contribution in [1.82, 2.24) is 4.90 Å². The molecular weight excluding hydrogens is 465 g/mol. The summed E-state index contributed by atoms with van der Waals surface area (Å²) in [7, 11) is 1.31. The molecule has 6 nitrogen and oxygen atoms in total. The topological polar surface area (TPSA) is 57.2 Å². The van der Waals surface area contributed by atoms with Gasteiger partial charge >= 0.3 is 6.18 Å². The van der Waals surface area contributed by atoms with Crippen molar-refractivity contribution < 1.29 is 45.7 Å². The van der Waals surface area contributed by atoms with Gasteiger partial charge in [-0.05, 0) is 36.4 Å². The first-order valence-electron chi connectivity index (χ1n) is 10.5. The van der Waals surface area contributed by atoms with Crippen LogP contribution in [0.1, 0.15) is 28.8 Å². The van der Waals surface area contributed by atoms with Crippen LogP contribution in [0.3, 0.4) is 0 Å². The number of hydrogen-bond acceptors (Lipinski definition) is 5. The fraction of sp³-hybridized carbons (Fsp3) is 0.435. The van der Waals surface area contributed by atoms with Crippen LogP contribution in [0.25, 0.3) is 0 Å². The Labute approximate surface area is 192 Å². The van der Waals surface area contributed by atoms with Gasteiger partial charge in [-0.1, -0.05) is 0 Å². The zero-order valence-electron chi connectivity index (χ0n) is 18.2. The van der Waals surface area contributed by atoms with Gasteiger partial charge in [0.2, 0.25) is 0 Å². The summed E-state index contributed by atoms with van der Waals surface area (Å²) in [5.74, 6) is -1.42. The summed E-state index contributed by atoms with van der Waals surface area (Å²) in [6.45, 7) is -0.459. The van der Waals surface area contributed by atoms with Crippen molar-refractivity contribution in [3.8, 4) is 11.5 Å². The minimum atomic E-state index is -4.35. The summed E-state index contributed by atoms with van der Waals surface area (Å²) in [4.78, 5) is 14.6. The molecule has 2 fully saturated rings. The lowest BCUT2D eigenvalue weighted by Crippen LogP contribution is -2.53. The van der Waals surface area contributed by atoms with Crippen LogP contribution in [-0.2, 0) is 15.1 Å². The lowest BCUT2D eigenvalue weighted by Gasteiger charge is -2.42. The number of hydrogen-bond donors (Lipinski definition) is 0. The number of alkyl halides is 3. The molecule has 4 rings (SSSR count). The Hall–Kier alpha value is -2.92. The lowest BCUT2D eigenvalue weighted by molar-refractivity contribution is -0.139. The Morgan fingerprint density at radius 2 is 1.97 bits per heavy atom. The third kappa shape index (κ3) is 4.80. The number of ether oxygens (including phenoxy) is 4. The minimum absolute atomic E-state index is 0.0455. The summed E-state index contributed by atoms with van der Waals surface area (Å²) in [5.41, 5.74) is -0.941. The fourth-order valence-corrected chi connectivity index (χ4v) is 4.25. The van der Waals surface area contributed by atoms with Crippen LogP contribution in [-0.4, -0.2) is 56.7 Å². The second-order valence-corrected chi connectivity index (χ2v) is 8.01. The van der Waals surface area contributed by atoms with Gasteiger partial charge in [-0.15, -0.1) is 0 Å². The first-order valence-corrected chi connectivity index (χ1v) is 10.5. The molecule has 1 amide bonds. The van der Waals surface area contributed by atoms with Crippen LogP contribution in [0.15, 0.2) is 36.4 Å². The molecule has 184 valence electrons. The van der Waals surface area contributed by atoms with E-state index in [1.807, 2.05) is 0 Å². The number of benzene rings is 2. The molecule has 0 spiro atoms. The second kappa shape index (κ2) is 9.38. The van der Waals surface area contributed by atoms with Crippen molar-refractivity contribution >= 4 is 5.91 Å². The second-order valence-electron chi connectivity index (χ2n) is 8.01. The third-order valence-electron chi connectivity index (χ3n) is 5.97. The normalized spacial score (nSPS) is 22.4. The Bertz CT molecular complexity index is 1060. The highest BCUT2D eigenvalue weighted by Crippen LogP contribution is 2.44. The van der Waals surface area contributed by atoms with E-state index in [0.717, 1.165) is 18.2 Å². The number of carbonyl (C=O) groups excluding carboxylic acids is 1. The van der Waals surface area contributed by atoms with Crippen LogP contribution >= 0.6 is 0 Å². The predicted molar refractivity (Wildman–Crippen MR) is 109 cm³/mol. The summed E-state index contributed by atoms with van der Waals surface area (Å²) in [6, 6.07) is 7.30. The molecule has 0 unspecified atom stereocenters. The zero-order chi connectivity index (χ0) is 24.5. The lowest BCUT2D eigenvalue weighted by atomic mass is 9.81. The maximum absolute atomic E-state index is 14.5. The molecule has 0 N–H and O–H groups in total. The van der Waals surface area contributed by atoms with Crippen LogP contribution in [0, 0.1) is 11.6 Å². The number of amides is 1. The average Bonchev–Trinajstić information content (AvgIpc) is 3.23. The van der Waals surface area contributed by atoms with Crippen LogP contribution < -0.4 is 9.47 Å². The summed E-state index contributed by atoms with van der Waals surface area (Å²) in [5, 5.41) is 0. The molecule has 11 heteroatoms. The molecule has 2 aromatic carbocycles. The molecule has 2 atom stereocenters. The van der Waals surface area contributed by atoms with Crippen LogP contribution in [0.2, 0.25) is 0 Å². The molecular formula is C23H22F5NO5. The van der Waals surface area contributed by atoms with E-state index in [2.05, 4.69) is 0 Å². The smallest absolute Gasteiger partial charge is 0.392 e. The number of piperidine rings is 1. The standard InChI is InChI=1S/C23H22F5NO5/c1-31-19-10-14(2-5-18(19)32-9-7-23(26,27)28)21(30)29-8-6-22(20(12-29)33-13-34-22)16-11-15(24)3-4-17(16)25/h2-5,10-11,20H,6-9,12-13H2,1H3/t20-,22-/m1/s1. The molecule has 2 heterocycles. The fourth-order valence-electron chi connectivity index (χ4n) is 4.25. The van der Waals surface area contributed by atoms with E-state index in [9.17, 15) is 26.7 Å². The van der Waals surface area contributed by atoms with Gasteiger partial charge in [0.15, 0.2) is 11.5 Å². The van der Waals surface area contributed by atoms with E-state index in [1.54, 1.807) is 0 Å². The van der Waals surface area contributed by atoms with Gasteiger partial charge in [0.25, 0.3) is 5.91 Å². The Morgan fingerprint density at radius 3 is 2.71 bits per heavy atom. The quantitative estimate of drug-likeness (QED) is 0.565. The van der Waals surface area contributed by atoms with E-state index in [-0.39, 0.29) is 54.8 Å². The van der Waals surface area contributed by atoms with Crippen LogP contribution in [0.5, 0.6) is 11.5 Å². The highest BCUT2D eigenvalue weighted by Gasteiger charge is 2.52. The van der Waals surface area contributed by atoms with Crippen molar-refractivity contribution in [1.29, 1.82) is 0 Å². The number of carbonyl (C=O) groups is 1. The minimum Gasteiger partial charge on any atom is -0.493 e. The van der Waals surface area contributed by atoms with Crippen molar-refractivity contribution in [2.24, 2.45) is 0 Å². The molecule has 2 aliphatic heterocycles. The first-order chi connectivity index (χ1) is 16.1. The van der Waals surface area contributed by atoms with Gasteiger partial charge in [0.05, 0.1) is 26.7 Å². The molecule has 0 bridgehead atoms. The molecule has 2 aromatic rings. The Kier molecular flexibility index (Phi) is 6.68. The molecule has 2 aliphatic rings. The van der Waals surface area contributed by atoms with E-state index in [0.29, 0.717) is 0 Å². The molecule has 34 heavy (non-hydrogen) atoms. The van der Waals surface area contributed by atoms with Crippen molar-refractivity contribution in [3.63, 3.8) is 0 Å². The molecule has 0 aliphatic carbocycles. The van der Waals surface area contributed by atoms with Crippen LogP contribution in [0.4, 0.5) is 22.0 Å². The van der Waals surface area contributed by atoms with Crippen molar-refractivity contribution in [2.45, 2.75) is 30.7 Å². The van der Waals surface area contributed by atoms with Crippen molar-refractivity contribution in [2.75, 3.05) is 33.6 Å². The number of methoxy groups -OCH3 is 1. The van der Waals surface area contributed by atoms with E-state index >= 15 is 0 Å². The summed E-state index contributed by atoms with van der Waals surface area (Å²) >= 11 is 0. The highest BCUT2D eigenvalue weighted by molar-refractivity contribution is 5.95. The van der Waals surface area contributed by atoms with E-state index in [4.69, 9.17) is 18.9 Å². The van der Waals surface area contributed by atoms with E-state index < -0.39 is 42.5 Å². The molecule has 2 saturated heterocycles. The molecule has 0 radical (unpaired) electrons. The largest absolute Gasteiger partial charge is 0.493 e. The number of fused-ring (bicyclic) bond motifs is 1. The maximum atomic E-state index is 14.5. The van der Waals surface area contributed by atoms with Gasteiger partial charge in [0.1, 0.15) is 30.1 Å². The Balaban J connectivity index is 1.49. The summed E-state index contributed by atoms with van der Waals surface area (Å²) in [6.07, 6.45) is -6.01. The number of likely N-dealkylation sites (tertiary alicyclic amines) is 1. The van der Waals surface area contributed by atoms with Gasteiger partial charge in [-0.3, -0.25) is 4.79 Å². The number of nitrogens with zero attached hydrogens (tertiary/aromatic N) is 1.